The molecule has 196 valence electrons. The molecule has 0 radical (unpaired) electrons. The molecule has 4 rings (SSSR count). The molecule has 4 aromatic rings. The average molecular weight is 507 g/mol. The average Bonchev–Trinajstić information content (AvgIpc) is 2.89. The number of rotatable bonds is 8. The second-order valence-corrected chi connectivity index (χ2v) is 10.7. The Morgan fingerprint density at radius 2 is 1.16 bits per heavy atom. The van der Waals surface area contributed by atoms with E-state index >= 15 is 0 Å². The number of aliphatic hydroxyl groups excluding tert-OH is 1. The van der Waals surface area contributed by atoms with Gasteiger partial charge in [-0.15, -0.1) is 0 Å². The SMILES string of the molecule is Cc1cc(C)c(-c2ccccc2C(C)C)c(OC(=O)C[C@@H](O)c2ccccc2)c1-c1ccccc1C(C)C. The van der Waals surface area contributed by atoms with Crippen LogP contribution in [0.3, 0.4) is 0 Å². The van der Waals surface area contributed by atoms with Gasteiger partial charge in [0, 0.05) is 11.1 Å². The van der Waals surface area contributed by atoms with Crippen LogP contribution in [0.15, 0.2) is 84.9 Å². The van der Waals surface area contributed by atoms with Crippen molar-refractivity contribution in [3.05, 3.63) is 113 Å². The van der Waals surface area contributed by atoms with Crippen LogP contribution in [0.5, 0.6) is 5.75 Å². The topological polar surface area (TPSA) is 46.5 Å². The zero-order valence-electron chi connectivity index (χ0n) is 23.3. The molecule has 3 nitrogen and oxygen atoms in total. The maximum Gasteiger partial charge on any atom is 0.314 e. The van der Waals surface area contributed by atoms with Gasteiger partial charge in [-0.25, -0.2) is 0 Å². The Morgan fingerprint density at radius 3 is 1.63 bits per heavy atom. The highest BCUT2D eigenvalue weighted by Gasteiger charge is 2.26. The summed E-state index contributed by atoms with van der Waals surface area (Å²) >= 11 is 0. The molecule has 0 amide bonds. The maximum absolute atomic E-state index is 13.4. The zero-order chi connectivity index (χ0) is 27.4. The summed E-state index contributed by atoms with van der Waals surface area (Å²) in [4.78, 5) is 13.4. The van der Waals surface area contributed by atoms with Crippen LogP contribution in [0.4, 0.5) is 0 Å². The van der Waals surface area contributed by atoms with Gasteiger partial charge in [-0.3, -0.25) is 4.79 Å². The molecule has 0 aliphatic carbocycles. The summed E-state index contributed by atoms with van der Waals surface area (Å²) < 4.78 is 6.31. The fourth-order valence-corrected chi connectivity index (χ4v) is 5.29. The van der Waals surface area contributed by atoms with Crippen molar-refractivity contribution < 1.29 is 14.6 Å². The molecule has 0 saturated heterocycles. The van der Waals surface area contributed by atoms with Gasteiger partial charge in [0.25, 0.3) is 0 Å². The highest BCUT2D eigenvalue weighted by molar-refractivity contribution is 5.91. The predicted octanol–water partition coefficient (Wildman–Crippen LogP) is 8.91. The summed E-state index contributed by atoms with van der Waals surface area (Å²) in [5.41, 5.74) is 9.17. The van der Waals surface area contributed by atoms with Gasteiger partial charge in [0.1, 0.15) is 5.75 Å². The molecule has 4 aromatic carbocycles. The molecule has 0 saturated carbocycles. The van der Waals surface area contributed by atoms with Crippen molar-refractivity contribution in [2.45, 2.75) is 65.9 Å². The van der Waals surface area contributed by atoms with Crippen LogP contribution in [-0.4, -0.2) is 11.1 Å². The van der Waals surface area contributed by atoms with Gasteiger partial charge in [0.05, 0.1) is 12.5 Å². The first-order chi connectivity index (χ1) is 18.2. The fraction of sp³-hybridized carbons (Fsp3) is 0.286. The van der Waals surface area contributed by atoms with E-state index in [0.717, 1.165) is 33.4 Å². The fourth-order valence-electron chi connectivity index (χ4n) is 5.29. The molecule has 0 aromatic heterocycles. The van der Waals surface area contributed by atoms with Crippen LogP contribution in [-0.2, 0) is 4.79 Å². The van der Waals surface area contributed by atoms with Crippen LogP contribution in [0, 0.1) is 13.8 Å². The summed E-state index contributed by atoms with van der Waals surface area (Å²) in [5.74, 6) is 0.690. The summed E-state index contributed by atoms with van der Waals surface area (Å²) in [7, 11) is 0. The first-order valence-corrected chi connectivity index (χ1v) is 13.5. The molecule has 0 spiro atoms. The van der Waals surface area contributed by atoms with Crippen LogP contribution >= 0.6 is 0 Å². The molecule has 1 atom stereocenters. The lowest BCUT2D eigenvalue weighted by atomic mass is 9.84. The van der Waals surface area contributed by atoms with Gasteiger partial charge in [0.15, 0.2) is 0 Å². The number of carbonyl (C=O) groups is 1. The highest BCUT2D eigenvalue weighted by Crippen LogP contribution is 2.47. The minimum Gasteiger partial charge on any atom is -0.425 e. The van der Waals surface area contributed by atoms with E-state index in [9.17, 15) is 9.90 Å². The normalized spacial score (nSPS) is 12.1. The van der Waals surface area contributed by atoms with Gasteiger partial charge in [-0.1, -0.05) is 113 Å². The minimum absolute atomic E-state index is 0.131. The third-order valence-corrected chi connectivity index (χ3v) is 7.14. The number of aliphatic hydroxyl groups is 1. The smallest absolute Gasteiger partial charge is 0.314 e. The van der Waals surface area contributed by atoms with Crippen molar-refractivity contribution in [2.75, 3.05) is 0 Å². The Kier molecular flexibility index (Phi) is 8.48. The van der Waals surface area contributed by atoms with E-state index in [1.54, 1.807) is 0 Å². The van der Waals surface area contributed by atoms with Gasteiger partial charge < -0.3 is 9.84 Å². The number of hydrogen-bond donors (Lipinski definition) is 1. The summed E-state index contributed by atoms with van der Waals surface area (Å²) in [6.07, 6.45) is -1.07. The van der Waals surface area contributed by atoms with E-state index in [0.29, 0.717) is 23.1 Å². The van der Waals surface area contributed by atoms with Gasteiger partial charge in [0.2, 0.25) is 0 Å². The van der Waals surface area contributed by atoms with Crippen molar-refractivity contribution in [1.82, 2.24) is 0 Å². The molecule has 0 fully saturated rings. The summed E-state index contributed by atoms with van der Waals surface area (Å²) in [5, 5.41) is 10.8. The molecule has 0 unspecified atom stereocenters. The number of ether oxygens (including phenoxy) is 1. The second kappa shape index (κ2) is 11.8. The maximum atomic E-state index is 13.4. The molecular formula is C35H38O3. The third-order valence-electron chi connectivity index (χ3n) is 7.14. The molecule has 0 aliphatic rings. The Balaban J connectivity index is 1.93. The third kappa shape index (κ3) is 5.74. The number of benzene rings is 4. The summed E-state index contributed by atoms with van der Waals surface area (Å²) in [6.45, 7) is 12.9. The lowest BCUT2D eigenvalue weighted by Gasteiger charge is -2.24. The van der Waals surface area contributed by atoms with E-state index in [4.69, 9.17) is 4.74 Å². The van der Waals surface area contributed by atoms with Crippen LogP contribution in [0.1, 0.15) is 79.9 Å². The van der Waals surface area contributed by atoms with Gasteiger partial charge >= 0.3 is 5.97 Å². The predicted molar refractivity (Wildman–Crippen MR) is 157 cm³/mol. The van der Waals surface area contributed by atoms with Crippen LogP contribution < -0.4 is 4.74 Å². The number of esters is 1. The molecule has 1 N–H and O–H groups in total. The van der Waals surface area contributed by atoms with E-state index < -0.39 is 12.1 Å². The molecule has 0 aliphatic heterocycles. The van der Waals surface area contributed by atoms with Crippen molar-refractivity contribution in [1.29, 1.82) is 0 Å². The minimum atomic E-state index is -0.938. The first-order valence-electron chi connectivity index (χ1n) is 13.5. The highest BCUT2D eigenvalue weighted by atomic mass is 16.5. The monoisotopic (exact) mass is 506 g/mol. The quantitative estimate of drug-likeness (QED) is 0.192. The van der Waals surface area contributed by atoms with E-state index in [-0.39, 0.29) is 6.42 Å². The zero-order valence-corrected chi connectivity index (χ0v) is 23.3. The Morgan fingerprint density at radius 1 is 0.711 bits per heavy atom. The molecular weight excluding hydrogens is 468 g/mol. The standard InChI is InChI=1S/C35H38O3/c1-22(2)27-16-10-12-18-29(27)33-24(5)20-25(6)34(30-19-13-11-17-28(30)23(3)4)35(33)38-32(37)21-31(36)26-14-8-7-9-15-26/h7-20,22-23,31,36H,21H2,1-6H3/t31-/m1/s1. The van der Waals surface area contributed by atoms with Crippen LogP contribution in [0.2, 0.25) is 0 Å². The Hall–Kier alpha value is -3.69. The van der Waals surface area contributed by atoms with E-state index in [2.05, 4.69) is 84.0 Å². The van der Waals surface area contributed by atoms with Crippen molar-refractivity contribution in [3.63, 3.8) is 0 Å². The lowest BCUT2D eigenvalue weighted by Crippen LogP contribution is -2.15. The molecule has 0 bridgehead atoms. The Labute approximate surface area is 227 Å². The Bertz CT molecular complexity index is 1340. The summed E-state index contributed by atoms with van der Waals surface area (Å²) in [6, 6.07) is 28.1. The molecule has 0 heterocycles. The van der Waals surface area contributed by atoms with Gasteiger partial charge in [-0.2, -0.15) is 0 Å². The molecule has 38 heavy (non-hydrogen) atoms. The second-order valence-electron chi connectivity index (χ2n) is 10.7. The first kappa shape index (κ1) is 27.3. The largest absolute Gasteiger partial charge is 0.425 e. The molecule has 3 heteroatoms. The van der Waals surface area contributed by atoms with Crippen molar-refractivity contribution in [2.24, 2.45) is 0 Å². The number of hydrogen-bond acceptors (Lipinski definition) is 3. The van der Waals surface area contributed by atoms with E-state index in [1.165, 1.54) is 11.1 Å². The number of aryl methyl sites for hydroxylation is 2. The van der Waals surface area contributed by atoms with Crippen LogP contribution in [0.25, 0.3) is 22.3 Å². The van der Waals surface area contributed by atoms with E-state index in [1.807, 2.05) is 42.5 Å². The number of carbonyl (C=O) groups excluding carboxylic acids is 1. The van der Waals surface area contributed by atoms with Gasteiger partial charge in [-0.05, 0) is 64.6 Å². The van der Waals surface area contributed by atoms with Crippen molar-refractivity contribution in [3.8, 4) is 28.0 Å². The lowest BCUT2D eigenvalue weighted by molar-refractivity contribution is -0.136. The van der Waals surface area contributed by atoms with Crippen molar-refractivity contribution >= 4 is 5.97 Å².